The van der Waals surface area contributed by atoms with E-state index >= 15 is 0 Å². The number of methoxy groups -OCH3 is 1. The van der Waals surface area contributed by atoms with E-state index in [0.29, 0.717) is 12.5 Å². The molecule has 0 fully saturated rings. The number of carbonyl (C=O) groups is 1. The van der Waals surface area contributed by atoms with Gasteiger partial charge in [0.15, 0.2) is 5.13 Å². The van der Waals surface area contributed by atoms with E-state index in [9.17, 15) is 4.79 Å². The molecule has 0 aromatic carbocycles. The number of anilines is 1. The van der Waals surface area contributed by atoms with Crippen LogP contribution in [0.2, 0.25) is 0 Å². The lowest BCUT2D eigenvalue weighted by Gasteiger charge is -2.13. The van der Waals surface area contributed by atoms with E-state index in [1.807, 2.05) is 0 Å². The minimum absolute atomic E-state index is 0.128. The van der Waals surface area contributed by atoms with E-state index in [2.05, 4.69) is 53.8 Å². The van der Waals surface area contributed by atoms with E-state index in [-0.39, 0.29) is 5.97 Å². The molecule has 0 amide bonds. The molecule has 138 valence electrons. The first-order valence-electron chi connectivity index (χ1n) is 8.89. The number of unbranched alkanes of at least 4 members (excludes halogenated alkanes) is 2. The number of ether oxygens (including phenoxy) is 1. The molecule has 2 aromatic heterocycles. The van der Waals surface area contributed by atoms with E-state index in [1.54, 1.807) is 11.3 Å². The molecule has 5 nitrogen and oxygen atoms in total. The van der Waals surface area contributed by atoms with Gasteiger partial charge in [-0.2, -0.15) is 0 Å². The molecule has 0 atom stereocenters. The number of esters is 1. The maximum Gasteiger partial charge on any atom is 0.305 e. The summed E-state index contributed by atoms with van der Waals surface area (Å²) in [5, 5.41) is 6.46. The van der Waals surface area contributed by atoms with Crippen LogP contribution in [0.25, 0.3) is 11.3 Å². The average molecular weight is 364 g/mol. The fourth-order valence-corrected chi connectivity index (χ4v) is 3.92. The number of rotatable bonds is 9. The quantitative estimate of drug-likeness (QED) is 0.506. The summed E-state index contributed by atoms with van der Waals surface area (Å²) in [6.07, 6.45) is 3.41. The van der Waals surface area contributed by atoms with Crippen molar-refractivity contribution < 1.29 is 9.53 Å². The van der Waals surface area contributed by atoms with Crippen LogP contribution in [0.15, 0.2) is 11.4 Å². The van der Waals surface area contributed by atoms with Crippen LogP contribution in [0.1, 0.15) is 57.0 Å². The van der Waals surface area contributed by atoms with Crippen LogP contribution in [-0.2, 0) is 9.53 Å². The first-order chi connectivity index (χ1) is 11.9. The Balaban J connectivity index is 1.87. The van der Waals surface area contributed by atoms with Crippen LogP contribution in [0.3, 0.4) is 0 Å². The molecule has 0 radical (unpaired) electrons. The van der Waals surface area contributed by atoms with Crippen molar-refractivity contribution >= 4 is 22.4 Å². The standard InChI is InChI=1S/C19H29N3O2S/c1-13(2)22-14(3)11-16(15(22)4)17-12-25-19(21-17)20-10-8-6-7-9-18(23)24-5/h11-13H,6-10H2,1-5H3,(H,20,21). The Morgan fingerprint density at radius 2 is 2.08 bits per heavy atom. The summed E-state index contributed by atoms with van der Waals surface area (Å²) >= 11 is 1.64. The van der Waals surface area contributed by atoms with Gasteiger partial charge in [0, 0.05) is 41.3 Å². The number of nitrogens with zero attached hydrogens (tertiary/aromatic N) is 2. The van der Waals surface area contributed by atoms with Crippen molar-refractivity contribution in [3.05, 3.63) is 22.8 Å². The van der Waals surface area contributed by atoms with Crippen molar-refractivity contribution in [2.24, 2.45) is 0 Å². The van der Waals surface area contributed by atoms with Crippen molar-refractivity contribution in [2.45, 2.75) is 59.4 Å². The average Bonchev–Trinajstić information content (AvgIpc) is 3.14. The minimum atomic E-state index is -0.128. The van der Waals surface area contributed by atoms with Gasteiger partial charge in [-0.15, -0.1) is 11.3 Å². The Labute approximate surface area is 154 Å². The fraction of sp³-hybridized carbons (Fsp3) is 0.579. The largest absolute Gasteiger partial charge is 0.469 e. The fourth-order valence-electron chi connectivity index (χ4n) is 3.18. The molecule has 0 bridgehead atoms. The van der Waals surface area contributed by atoms with E-state index in [4.69, 9.17) is 4.98 Å². The third-order valence-corrected chi connectivity index (χ3v) is 5.14. The molecule has 2 rings (SSSR count). The SMILES string of the molecule is COC(=O)CCCCCNc1nc(-c2cc(C)n(C(C)C)c2C)cs1. The third kappa shape index (κ3) is 5.08. The van der Waals surface area contributed by atoms with Gasteiger partial charge in [0.1, 0.15) is 0 Å². The summed E-state index contributed by atoms with van der Waals surface area (Å²) in [7, 11) is 1.43. The molecule has 0 aliphatic carbocycles. The van der Waals surface area contributed by atoms with Crippen molar-refractivity contribution in [3.63, 3.8) is 0 Å². The summed E-state index contributed by atoms with van der Waals surface area (Å²) < 4.78 is 6.99. The van der Waals surface area contributed by atoms with Crippen LogP contribution in [-0.4, -0.2) is 29.2 Å². The highest BCUT2D eigenvalue weighted by Crippen LogP contribution is 2.31. The smallest absolute Gasteiger partial charge is 0.305 e. The van der Waals surface area contributed by atoms with Gasteiger partial charge < -0.3 is 14.6 Å². The van der Waals surface area contributed by atoms with Gasteiger partial charge in [0.2, 0.25) is 0 Å². The first-order valence-corrected chi connectivity index (χ1v) is 9.77. The van der Waals surface area contributed by atoms with E-state index < -0.39 is 0 Å². The zero-order chi connectivity index (χ0) is 18.4. The zero-order valence-corrected chi connectivity index (χ0v) is 16.7. The van der Waals surface area contributed by atoms with Gasteiger partial charge in [0.25, 0.3) is 0 Å². The lowest BCUT2D eigenvalue weighted by atomic mass is 10.2. The number of aryl methyl sites for hydroxylation is 1. The second kappa shape index (κ2) is 9.04. The number of thiazole rings is 1. The Morgan fingerprint density at radius 1 is 1.32 bits per heavy atom. The predicted molar refractivity (Wildman–Crippen MR) is 104 cm³/mol. The summed E-state index contributed by atoms with van der Waals surface area (Å²) in [6.45, 7) is 9.60. The van der Waals surface area contributed by atoms with Crippen LogP contribution < -0.4 is 5.32 Å². The molecule has 0 unspecified atom stereocenters. The van der Waals surface area contributed by atoms with Crippen LogP contribution in [0.4, 0.5) is 5.13 Å². The summed E-state index contributed by atoms with van der Waals surface area (Å²) in [5.41, 5.74) is 4.80. The maximum atomic E-state index is 11.1. The number of aromatic nitrogens is 2. The van der Waals surface area contributed by atoms with Crippen molar-refractivity contribution in [1.29, 1.82) is 0 Å². The Morgan fingerprint density at radius 3 is 2.72 bits per heavy atom. The second-order valence-corrected chi connectivity index (χ2v) is 7.46. The van der Waals surface area contributed by atoms with Gasteiger partial charge in [-0.25, -0.2) is 4.98 Å². The molecular formula is C19H29N3O2S. The van der Waals surface area contributed by atoms with E-state index in [0.717, 1.165) is 36.6 Å². The second-order valence-electron chi connectivity index (χ2n) is 6.60. The van der Waals surface area contributed by atoms with Gasteiger partial charge in [-0.1, -0.05) is 6.42 Å². The molecule has 0 saturated carbocycles. The summed E-state index contributed by atoms with van der Waals surface area (Å²) in [6, 6.07) is 2.68. The molecule has 6 heteroatoms. The van der Waals surface area contributed by atoms with Crippen molar-refractivity contribution in [3.8, 4) is 11.3 Å². The molecule has 0 aliphatic heterocycles. The summed E-state index contributed by atoms with van der Waals surface area (Å²) in [5.74, 6) is -0.128. The highest BCUT2D eigenvalue weighted by Gasteiger charge is 2.15. The van der Waals surface area contributed by atoms with Crippen LogP contribution in [0.5, 0.6) is 0 Å². The number of nitrogens with one attached hydrogen (secondary N) is 1. The first kappa shape index (κ1) is 19.5. The Hall–Kier alpha value is -1.82. The summed E-state index contributed by atoms with van der Waals surface area (Å²) in [4.78, 5) is 15.8. The van der Waals surface area contributed by atoms with Gasteiger partial charge in [-0.05, 0) is 46.6 Å². The molecule has 2 heterocycles. The number of hydrogen-bond donors (Lipinski definition) is 1. The Bertz CT molecular complexity index is 704. The Kier molecular flexibility index (Phi) is 7.05. The normalized spacial score (nSPS) is 11.1. The number of hydrogen-bond acceptors (Lipinski definition) is 5. The van der Waals surface area contributed by atoms with E-state index in [1.165, 1.54) is 24.1 Å². The van der Waals surface area contributed by atoms with Crippen LogP contribution >= 0.6 is 11.3 Å². The number of carbonyl (C=O) groups excluding carboxylic acids is 1. The third-order valence-electron chi connectivity index (χ3n) is 4.34. The predicted octanol–water partition coefficient (Wildman–Crippen LogP) is 4.95. The zero-order valence-electron chi connectivity index (χ0n) is 15.9. The van der Waals surface area contributed by atoms with Crippen molar-refractivity contribution in [1.82, 2.24) is 9.55 Å². The maximum absolute atomic E-state index is 11.1. The molecule has 0 spiro atoms. The molecule has 0 saturated heterocycles. The highest BCUT2D eigenvalue weighted by atomic mass is 32.1. The molecule has 2 aromatic rings. The molecular weight excluding hydrogens is 334 g/mol. The van der Waals surface area contributed by atoms with Gasteiger partial charge in [-0.3, -0.25) is 4.79 Å². The topological polar surface area (TPSA) is 56.1 Å². The minimum Gasteiger partial charge on any atom is -0.469 e. The lowest BCUT2D eigenvalue weighted by Crippen LogP contribution is -2.04. The molecule has 25 heavy (non-hydrogen) atoms. The van der Waals surface area contributed by atoms with Crippen molar-refractivity contribution in [2.75, 3.05) is 19.0 Å². The van der Waals surface area contributed by atoms with Gasteiger partial charge in [0.05, 0.1) is 12.8 Å². The van der Waals surface area contributed by atoms with Crippen LogP contribution in [0, 0.1) is 13.8 Å². The molecule has 0 aliphatic rings. The molecule has 1 N–H and O–H groups in total. The lowest BCUT2D eigenvalue weighted by molar-refractivity contribution is -0.140. The highest BCUT2D eigenvalue weighted by molar-refractivity contribution is 7.14. The van der Waals surface area contributed by atoms with Gasteiger partial charge >= 0.3 is 5.97 Å². The monoisotopic (exact) mass is 363 g/mol.